The van der Waals surface area contributed by atoms with Gasteiger partial charge in [-0.3, -0.25) is 4.79 Å². The van der Waals surface area contributed by atoms with Crippen LogP contribution in [0.5, 0.6) is 0 Å². The lowest BCUT2D eigenvalue weighted by molar-refractivity contribution is -0.147. The highest BCUT2D eigenvalue weighted by Gasteiger charge is 2.60. The van der Waals surface area contributed by atoms with Crippen LogP contribution >= 0.6 is 0 Å². The van der Waals surface area contributed by atoms with Crippen molar-refractivity contribution < 1.29 is 14.6 Å². The number of ether oxygens (including phenoxy) is 1. The van der Waals surface area contributed by atoms with Crippen molar-refractivity contribution in [2.24, 2.45) is 23.2 Å². The first-order valence-corrected chi connectivity index (χ1v) is 6.54. The van der Waals surface area contributed by atoms with Gasteiger partial charge in [0.15, 0.2) is 0 Å². The lowest BCUT2D eigenvalue weighted by Crippen LogP contribution is -2.32. The SMILES string of the molecule is CC1(C)C[C@@H]2[C@H]3[C@H](C/C=C\C[C@H]2O)C(=O)O[C@H]31. The highest BCUT2D eigenvalue weighted by atomic mass is 16.6. The van der Waals surface area contributed by atoms with Crippen LogP contribution in [0.1, 0.15) is 33.1 Å². The Morgan fingerprint density at radius 2 is 2.06 bits per heavy atom. The van der Waals surface area contributed by atoms with Gasteiger partial charge in [0.25, 0.3) is 0 Å². The fourth-order valence-corrected chi connectivity index (χ4v) is 4.02. The second-order valence-corrected chi connectivity index (χ2v) is 6.41. The van der Waals surface area contributed by atoms with Gasteiger partial charge in [-0.2, -0.15) is 0 Å². The smallest absolute Gasteiger partial charge is 0.309 e. The zero-order valence-corrected chi connectivity index (χ0v) is 10.4. The van der Waals surface area contributed by atoms with Gasteiger partial charge >= 0.3 is 5.97 Å². The minimum Gasteiger partial charge on any atom is -0.461 e. The van der Waals surface area contributed by atoms with E-state index in [4.69, 9.17) is 4.74 Å². The molecule has 0 spiro atoms. The maximum absolute atomic E-state index is 11.9. The number of aliphatic hydroxyl groups is 1. The monoisotopic (exact) mass is 236 g/mol. The van der Waals surface area contributed by atoms with E-state index in [1.54, 1.807) is 0 Å². The third-order valence-corrected chi connectivity index (χ3v) is 4.81. The van der Waals surface area contributed by atoms with Gasteiger partial charge in [0.05, 0.1) is 12.0 Å². The predicted octanol–water partition coefficient (Wildman–Crippen LogP) is 1.90. The molecule has 0 aromatic heterocycles. The van der Waals surface area contributed by atoms with Crippen LogP contribution in [0.3, 0.4) is 0 Å². The first-order valence-electron chi connectivity index (χ1n) is 6.54. The van der Waals surface area contributed by atoms with E-state index in [-0.39, 0.29) is 41.3 Å². The largest absolute Gasteiger partial charge is 0.461 e. The summed E-state index contributed by atoms with van der Waals surface area (Å²) in [5, 5.41) is 10.2. The van der Waals surface area contributed by atoms with Crippen LogP contribution in [0.4, 0.5) is 0 Å². The molecule has 3 aliphatic rings. The maximum atomic E-state index is 11.9. The average molecular weight is 236 g/mol. The molecule has 17 heavy (non-hydrogen) atoms. The number of rotatable bonds is 0. The summed E-state index contributed by atoms with van der Waals surface area (Å²) in [5.41, 5.74) is 0.00502. The lowest BCUT2D eigenvalue weighted by atomic mass is 9.77. The molecule has 3 rings (SSSR count). The zero-order chi connectivity index (χ0) is 12.2. The second-order valence-electron chi connectivity index (χ2n) is 6.41. The molecular weight excluding hydrogens is 216 g/mol. The summed E-state index contributed by atoms with van der Waals surface area (Å²) in [7, 11) is 0. The molecule has 3 heteroatoms. The van der Waals surface area contributed by atoms with E-state index >= 15 is 0 Å². The number of hydrogen-bond donors (Lipinski definition) is 1. The minimum atomic E-state index is -0.321. The van der Waals surface area contributed by atoms with Gasteiger partial charge in [-0.25, -0.2) is 0 Å². The number of esters is 1. The highest BCUT2D eigenvalue weighted by molar-refractivity contribution is 5.76. The molecule has 0 bridgehead atoms. The quantitative estimate of drug-likeness (QED) is 0.516. The van der Waals surface area contributed by atoms with E-state index in [9.17, 15) is 9.90 Å². The summed E-state index contributed by atoms with van der Waals surface area (Å²) in [4.78, 5) is 11.9. The Morgan fingerprint density at radius 3 is 2.82 bits per heavy atom. The molecular formula is C14H20O3. The average Bonchev–Trinajstić information content (AvgIpc) is 2.68. The van der Waals surface area contributed by atoms with Crippen LogP contribution in [0.15, 0.2) is 12.2 Å². The first kappa shape index (κ1) is 11.3. The van der Waals surface area contributed by atoms with Crippen molar-refractivity contribution in [1.82, 2.24) is 0 Å². The lowest BCUT2D eigenvalue weighted by Gasteiger charge is -2.26. The Balaban J connectivity index is 2.00. The van der Waals surface area contributed by atoms with E-state index < -0.39 is 0 Å². The summed E-state index contributed by atoms with van der Waals surface area (Å²) in [6.45, 7) is 4.30. The maximum Gasteiger partial charge on any atom is 0.309 e. The number of hydrogen-bond acceptors (Lipinski definition) is 3. The van der Waals surface area contributed by atoms with Crippen molar-refractivity contribution in [2.45, 2.75) is 45.3 Å². The fraction of sp³-hybridized carbons (Fsp3) is 0.786. The van der Waals surface area contributed by atoms with Gasteiger partial charge in [0.2, 0.25) is 0 Å². The number of carbonyl (C=O) groups excluding carboxylic acids is 1. The molecule has 1 aliphatic heterocycles. The van der Waals surface area contributed by atoms with Crippen molar-refractivity contribution >= 4 is 5.97 Å². The zero-order valence-electron chi connectivity index (χ0n) is 10.4. The van der Waals surface area contributed by atoms with Gasteiger partial charge in [-0.05, 0) is 25.2 Å². The van der Waals surface area contributed by atoms with Crippen molar-refractivity contribution in [3.63, 3.8) is 0 Å². The van der Waals surface area contributed by atoms with E-state index in [1.165, 1.54) is 0 Å². The Morgan fingerprint density at radius 1 is 1.35 bits per heavy atom. The molecule has 1 saturated carbocycles. The van der Waals surface area contributed by atoms with Crippen LogP contribution in [0, 0.1) is 23.2 Å². The molecule has 2 aliphatic carbocycles. The summed E-state index contributed by atoms with van der Waals surface area (Å²) < 4.78 is 5.59. The van der Waals surface area contributed by atoms with Crippen molar-refractivity contribution in [3.8, 4) is 0 Å². The molecule has 5 atom stereocenters. The molecule has 94 valence electrons. The Hall–Kier alpha value is -0.830. The van der Waals surface area contributed by atoms with E-state index in [0.29, 0.717) is 6.42 Å². The highest BCUT2D eigenvalue weighted by Crippen LogP contribution is 2.56. The Bertz CT molecular complexity index is 372. The number of aliphatic hydroxyl groups excluding tert-OH is 1. The van der Waals surface area contributed by atoms with E-state index in [0.717, 1.165) is 12.8 Å². The molecule has 0 radical (unpaired) electrons. The topological polar surface area (TPSA) is 46.5 Å². The van der Waals surface area contributed by atoms with E-state index in [2.05, 4.69) is 13.8 Å². The third-order valence-electron chi connectivity index (χ3n) is 4.81. The Labute approximate surface area is 102 Å². The van der Waals surface area contributed by atoms with Gasteiger partial charge in [-0.1, -0.05) is 26.0 Å². The van der Waals surface area contributed by atoms with Crippen LogP contribution in [-0.4, -0.2) is 23.3 Å². The van der Waals surface area contributed by atoms with Crippen LogP contribution in [-0.2, 0) is 9.53 Å². The minimum absolute atomic E-state index is 0.00502. The van der Waals surface area contributed by atoms with Gasteiger partial charge in [0, 0.05) is 11.3 Å². The summed E-state index contributed by atoms with van der Waals surface area (Å²) in [5.74, 6) is 0.350. The molecule has 3 nitrogen and oxygen atoms in total. The molecule has 1 heterocycles. The predicted molar refractivity (Wildman–Crippen MR) is 63.1 cm³/mol. The molecule has 1 saturated heterocycles. The number of carbonyl (C=O) groups is 1. The second kappa shape index (κ2) is 3.58. The molecule has 0 unspecified atom stereocenters. The van der Waals surface area contributed by atoms with Gasteiger partial charge in [0.1, 0.15) is 6.10 Å². The van der Waals surface area contributed by atoms with Crippen molar-refractivity contribution in [3.05, 3.63) is 12.2 Å². The van der Waals surface area contributed by atoms with Gasteiger partial charge in [-0.15, -0.1) is 0 Å². The normalized spacial score (nSPS) is 49.1. The van der Waals surface area contributed by atoms with Crippen LogP contribution < -0.4 is 0 Å². The van der Waals surface area contributed by atoms with Crippen LogP contribution in [0.25, 0.3) is 0 Å². The number of allylic oxidation sites excluding steroid dienone is 1. The molecule has 2 fully saturated rings. The molecule has 0 amide bonds. The molecule has 0 aromatic rings. The Kier molecular flexibility index (Phi) is 2.37. The fourth-order valence-electron chi connectivity index (χ4n) is 4.02. The standard InChI is InChI=1S/C14H20O3/c1-14(2)7-9-10(15)6-4-3-5-8-11(9)12(14)17-13(8)16/h3-4,8-12,15H,5-7H2,1-2H3/b4-3-/t8-,9-,10+,11+,12+/m0/s1. The molecule has 0 aromatic carbocycles. The van der Waals surface area contributed by atoms with Crippen LogP contribution in [0.2, 0.25) is 0 Å². The molecule has 1 N–H and O–H groups in total. The third kappa shape index (κ3) is 1.55. The first-order chi connectivity index (χ1) is 8.00. The summed E-state index contributed by atoms with van der Waals surface area (Å²) in [6, 6.07) is 0. The van der Waals surface area contributed by atoms with Gasteiger partial charge < -0.3 is 9.84 Å². The summed E-state index contributed by atoms with van der Waals surface area (Å²) in [6.07, 6.45) is 6.17. The van der Waals surface area contributed by atoms with E-state index in [1.807, 2.05) is 12.2 Å². The van der Waals surface area contributed by atoms with Crippen molar-refractivity contribution in [1.29, 1.82) is 0 Å². The summed E-state index contributed by atoms with van der Waals surface area (Å²) >= 11 is 0. The van der Waals surface area contributed by atoms with Crippen molar-refractivity contribution in [2.75, 3.05) is 0 Å².